The normalized spacial score (nSPS) is 16.8. The summed E-state index contributed by atoms with van der Waals surface area (Å²) in [5.74, 6) is 0.783. The number of nitrogens with two attached hydrogens (primary N) is 1. The Bertz CT molecular complexity index is 440. The van der Waals surface area contributed by atoms with E-state index in [4.69, 9.17) is 15.6 Å². The van der Waals surface area contributed by atoms with Crippen molar-refractivity contribution in [1.82, 2.24) is 4.90 Å². The van der Waals surface area contributed by atoms with E-state index in [2.05, 4.69) is 22.8 Å². The van der Waals surface area contributed by atoms with E-state index >= 15 is 0 Å². The number of benzene rings is 1. The number of aliphatic hydroxyl groups is 1. The second-order valence-electron chi connectivity index (χ2n) is 5.44. The van der Waals surface area contributed by atoms with Gasteiger partial charge in [0, 0.05) is 26.2 Å². The van der Waals surface area contributed by atoms with Crippen LogP contribution in [-0.4, -0.2) is 55.9 Å². The van der Waals surface area contributed by atoms with Gasteiger partial charge in [-0.05, 0) is 31.5 Å². The molecule has 1 saturated heterocycles. The molecule has 0 spiro atoms. The summed E-state index contributed by atoms with van der Waals surface area (Å²) in [6.07, 6.45) is 2.06. The van der Waals surface area contributed by atoms with Gasteiger partial charge in [-0.2, -0.15) is 0 Å². The predicted molar refractivity (Wildman–Crippen MR) is 87.0 cm³/mol. The second kappa shape index (κ2) is 8.10. The van der Waals surface area contributed by atoms with Crippen LogP contribution in [0.3, 0.4) is 0 Å². The third-order valence-electron chi connectivity index (χ3n) is 3.85. The fourth-order valence-corrected chi connectivity index (χ4v) is 2.72. The van der Waals surface area contributed by atoms with Crippen LogP contribution in [0.2, 0.25) is 0 Å². The molecule has 118 valence electrons. The van der Waals surface area contributed by atoms with Crippen LogP contribution < -0.4 is 15.4 Å². The SMILES string of the molecule is CCCOc1cccc(N2CCCN(CCO)CC2)c1N. The smallest absolute Gasteiger partial charge is 0.144 e. The molecule has 3 N–H and O–H groups in total. The van der Waals surface area contributed by atoms with Gasteiger partial charge >= 0.3 is 0 Å². The van der Waals surface area contributed by atoms with Crippen molar-refractivity contribution in [3.8, 4) is 5.75 Å². The molecule has 0 radical (unpaired) electrons. The summed E-state index contributed by atoms with van der Waals surface area (Å²) in [6.45, 7) is 7.67. The fourth-order valence-electron chi connectivity index (χ4n) is 2.72. The first-order chi connectivity index (χ1) is 10.3. The van der Waals surface area contributed by atoms with Gasteiger partial charge in [0.25, 0.3) is 0 Å². The monoisotopic (exact) mass is 293 g/mol. The van der Waals surface area contributed by atoms with Crippen molar-refractivity contribution < 1.29 is 9.84 Å². The molecule has 0 unspecified atom stereocenters. The number of para-hydroxylation sites is 1. The third-order valence-corrected chi connectivity index (χ3v) is 3.85. The molecule has 2 rings (SSSR count). The minimum absolute atomic E-state index is 0.225. The van der Waals surface area contributed by atoms with E-state index in [1.165, 1.54) is 0 Å². The number of hydrogen-bond acceptors (Lipinski definition) is 5. The highest BCUT2D eigenvalue weighted by molar-refractivity contribution is 5.74. The van der Waals surface area contributed by atoms with Crippen LogP contribution in [0.15, 0.2) is 18.2 Å². The number of aliphatic hydroxyl groups excluding tert-OH is 1. The summed E-state index contributed by atoms with van der Waals surface area (Å²) in [6, 6.07) is 6.01. The summed E-state index contributed by atoms with van der Waals surface area (Å²) < 4.78 is 5.71. The summed E-state index contributed by atoms with van der Waals surface area (Å²) in [7, 11) is 0. The lowest BCUT2D eigenvalue weighted by Gasteiger charge is -2.25. The van der Waals surface area contributed by atoms with Crippen LogP contribution in [0.5, 0.6) is 5.75 Å². The summed E-state index contributed by atoms with van der Waals surface area (Å²) >= 11 is 0. The first kappa shape index (κ1) is 15.9. The topological polar surface area (TPSA) is 62.0 Å². The minimum atomic E-state index is 0.225. The van der Waals surface area contributed by atoms with Crippen molar-refractivity contribution in [3.05, 3.63) is 18.2 Å². The highest BCUT2D eigenvalue weighted by atomic mass is 16.5. The Morgan fingerprint density at radius 2 is 2.10 bits per heavy atom. The number of anilines is 2. The Balaban J connectivity index is 2.07. The molecule has 5 nitrogen and oxygen atoms in total. The standard InChI is InChI=1S/C16H27N3O2/c1-2-13-21-15-6-3-5-14(16(15)17)19-8-4-7-18(9-10-19)11-12-20/h3,5-6,20H,2,4,7-13,17H2,1H3. The molecule has 1 fully saturated rings. The van der Waals surface area contributed by atoms with E-state index < -0.39 is 0 Å². The molecule has 21 heavy (non-hydrogen) atoms. The van der Waals surface area contributed by atoms with Crippen LogP contribution in [0.1, 0.15) is 19.8 Å². The largest absolute Gasteiger partial charge is 0.491 e. The maximum atomic E-state index is 9.06. The molecule has 0 aliphatic carbocycles. The molecule has 1 aliphatic heterocycles. The number of β-amino-alcohol motifs (C(OH)–C–C–N with tert-alkyl or cyclic N) is 1. The van der Waals surface area contributed by atoms with E-state index in [0.717, 1.165) is 62.7 Å². The van der Waals surface area contributed by atoms with Gasteiger partial charge in [-0.1, -0.05) is 13.0 Å². The lowest BCUT2D eigenvalue weighted by atomic mass is 10.2. The van der Waals surface area contributed by atoms with Crippen molar-refractivity contribution in [2.24, 2.45) is 0 Å². The number of nitrogens with zero attached hydrogens (tertiary/aromatic N) is 2. The maximum absolute atomic E-state index is 9.06. The van der Waals surface area contributed by atoms with Crippen molar-refractivity contribution in [1.29, 1.82) is 0 Å². The van der Waals surface area contributed by atoms with Crippen LogP contribution in [-0.2, 0) is 0 Å². The summed E-state index contributed by atoms with van der Waals surface area (Å²) in [5, 5.41) is 9.06. The summed E-state index contributed by atoms with van der Waals surface area (Å²) in [5.41, 5.74) is 8.08. The zero-order chi connectivity index (χ0) is 15.1. The van der Waals surface area contributed by atoms with Gasteiger partial charge in [0.2, 0.25) is 0 Å². The first-order valence-electron chi connectivity index (χ1n) is 7.85. The van der Waals surface area contributed by atoms with E-state index in [1.54, 1.807) is 0 Å². The first-order valence-corrected chi connectivity index (χ1v) is 7.85. The van der Waals surface area contributed by atoms with E-state index in [9.17, 15) is 0 Å². The molecule has 0 atom stereocenters. The molecule has 0 amide bonds. The number of rotatable bonds is 6. The number of hydrogen-bond donors (Lipinski definition) is 2. The van der Waals surface area contributed by atoms with E-state index in [0.29, 0.717) is 6.61 Å². The third kappa shape index (κ3) is 4.25. The molecule has 0 aromatic heterocycles. The van der Waals surface area contributed by atoms with Gasteiger partial charge in [-0.3, -0.25) is 4.90 Å². The van der Waals surface area contributed by atoms with Crippen LogP contribution in [0.25, 0.3) is 0 Å². The fraction of sp³-hybridized carbons (Fsp3) is 0.625. The van der Waals surface area contributed by atoms with Crippen molar-refractivity contribution in [3.63, 3.8) is 0 Å². The molecular weight excluding hydrogens is 266 g/mol. The lowest BCUT2D eigenvalue weighted by molar-refractivity contribution is 0.204. The Kier molecular flexibility index (Phi) is 6.14. The number of nitrogen functional groups attached to an aromatic ring is 1. The molecule has 1 aromatic carbocycles. The summed E-state index contributed by atoms with van der Waals surface area (Å²) in [4.78, 5) is 4.62. The molecule has 1 aliphatic rings. The zero-order valence-corrected chi connectivity index (χ0v) is 12.9. The highest BCUT2D eigenvalue weighted by Gasteiger charge is 2.17. The van der Waals surface area contributed by atoms with E-state index in [1.807, 2.05) is 12.1 Å². The van der Waals surface area contributed by atoms with Crippen molar-refractivity contribution >= 4 is 11.4 Å². The molecule has 0 saturated carbocycles. The Morgan fingerprint density at radius 1 is 1.24 bits per heavy atom. The van der Waals surface area contributed by atoms with E-state index in [-0.39, 0.29) is 6.61 Å². The van der Waals surface area contributed by atoms with Crippen LogP contribution >= 0.6 is 0 Å². The van der Waals surface area contributed by atoms with Gasteiger partial charge < -0.3 is 20.5 Å². The zero-order valence-electron chi connectivity index (χ0n) is 12.9. The molecule has 1 aromatic rings. The lowest BCUT2D eigenvalue weighted by Crippen LogP contribution is -2.32. The van der Waals surface area contributed by atoms with Crippen molar-refractivity contribution in [2.45, 2.75) is 19.8 Å². The highest BCUT2D eigenvalue weighted by Crippen LogP contribution is 2.32. The minimum Gasteiger partial charge on any atom is -0.491 e. The Morgan fingerprint density at radius 3 is 2.86 bits per heavy atom. The quantitative estimate of drug-likeness (QED) is 0.780. The van der Waals surface area contributed by atoms with Crippen LogP contribution in [0.4, 0.5) is 11.4 Å². The van der Waals surface area contributed by atoms with Gasteiger partial charge in [-0.15, -0.1) is 0 Å². The second-order valence-corrected chi connectivity index (χ2v) is 5.44. The maximum Gasteiger partial charge on any atom is 0.144 e. The Hall–Kier alpha value is -1.46. The van der Waals surface area contributed by atoms with Gasteiger partial charge in [0.05, 0.1) is 24.6 Å². The molecule has 0 bridgehead atoms. The van der Waals surface area contributed by atoms with Crippen molar-refractivity contribution in [2.75, 3.05) is 56.6 Å². The van der Waals surface area contributed by atoms with Gasteiger partial charge in [-0.25, -0.2) is 0 Å². The van der Waals surface area contributed by atoms with Gasteiger partial charge in [0.1, 0.15) is 5.75 Å². The number of ether oxygens (including phenoxy) is 1. The predicted octanol–water partition coefficient (Wildman–Crippen LogP) is 1.56. The average Bonchev–Trinajstić information content (AvgIpc) is 2.72. The molecular formula is C16H27N3O2. The molecule has 5 heteroatoms. The Labute approximate surface area is 127 Å². The van der Waals surface area contributed by atoms with Crippen LogP contribution in [0, 0.1) is 0 Å². The average molecular weight is 293 g/mol. The molecule has 1 heterocycles. The van der Waals surface area contributed by atoms with Gasteiger partial charge in [0.15, 0.2) is 0 Å².